The summed E-state index contributed by atoms with van der Waals surface area (Å²) in [4.78, 5) is 0. The van der Waals surface area contributed by atoms with E-state index in [1.54, 1.807) is 6.07 Å². The molecule has 2 aliphatic rings. The number of aliphatic hydroxyl groups excluding tert-OH is 4. The molecule has 0 bridgehead atoms. The number of rotatable bonds is 6. The topological polar surface area (TPSA) is 109 Å². The Balaban J connectivity index is 1.72. The van der Waals surface area contributed by atoms with Gasteiger partial charge in [-0.25, -0.2) is 0 Å². The fourth-order valence-electron chi connectivity index (χ4n) is 4.29. The van der Waals surface area contributed by atoms with Crippen LogP contribution < -0.4 is 9.47 Å². The summed E-state index contributed by atoms with van der Waals surface area (Å²) in [5.74, 6) is 0.706. The first-order valence-electron chi connectivity index (χ1n) is 10.9. The van der Waals surface area contributed by atoms with Crippen LogP contribution in [0.5, 0.6) is 11.5 Å². The monoisotopic (exact) mass is 464 g/mol. The Morgan fingerprint density at radius 3 is 2.25 bits per heavy atom. The maximum Gasteiger partial charge on any atom is 0.180 e. The molecule has 2 aromatic carbocycles. The summed E-state index contributed by atoms with van der Waals surface area (Å²) in [6, 6.07) is 10.1. The summed E-state index contributed by atoms with van der Waals surface area (Å²) < 4.78 is 17.4. The molecule has 2 heterocycles. The van der Waals surface area contributed by atoms with Crippen molar-refractivity contribution in [3.63, 3.8) is 0 Å². The summed E-state index contributed by atoms with van der Waals surface area (Å²) in [7, 11) is 0. The van der Waals surface area contributed by atoms with E-state index in [1.165, 1.54) is 5.56 Å². The zero-order valence-electron chi connectivity index (χ0n) is 17.9. The molecular formula is C24H29ClO7. The second-order valence-electron chi connectivity index (χ2n) is 8.29. The predicted molar refractivity (Wildman–Crippen MR) is 118 cm³/mol. The number of ether oxygens (including phenoxy) is 3. The second-order valence-corrected chi connectivity index (χ2v) is 8.66. The second kappa shape index (κ2) is 9.95. The van der Waals surface area contributed by atoms with Gasteiger partial charge in [0.05, 0.1) is 11.6 Å². The van der Waals surface area contributed by atoms with Crippen molar-refractivity contribution in [1.82, 2.24) is 0 Å². The van der Waals surface area contributed by atoms with Gasteiger partial charge in [0, 0.05) is 5.56 Å². The first kappa shape index (κ1) is 23.3. The van der Waals surface area contributed by atoms with Crippen molar-refractivity contribution in [2.24, 2.45) is 0 Å². The van der Waals surface area contributed by atoms with Gasteiger partial charge in [-0.3, -0.25) is 0 Å². The van der Waals surface area contributed by atoms with E-state index in [1.807, 2.05) is 0 Å². The maximum absolute atomic E-state index is 10.7. The molecule has 2 aromatic rings. The van der Waals surface area contributed by atoms with Crippen molar-refractivity contribution in [1.29, 1.82) is 0 Å². The molecule has 32 heavy (non-hydrogen) atoms. The smallest absolute Gasteiger partial charge is 0.180 e. The van der Waals surface area contributed by atoms with E-state index in [9.17, 15) is 20.4 Å². The van der Waals surface area contributed by atoms with E-state index in [-0.39, 0.29) is 0 Å². The molecule has 4 N–H and O–H groups in total. The average Bonchev–Trinajstić information content (AvgIpc) is 2.81. The third-order valence-corrected chi connectivity index (χ3v) is 6.42. The zero-order valence-corrected chi connectivity index (χ0v) is 18.7. The van der Waals surface area contributed by atoms with Crippen LogP contribution in [-0.2, 0) is 17.6 Å². The van der Waals surface area contributed by atoms with Crippen LogP contribution in [0.1, 0.15) is 41.7 Å². The van der Waals surface area contributed by atoms with Crippen LogP contribution >= 0.6 is 11.6 Å². The van der Waals surface area contributed by atoms with Gasteiger partial charge in [-0.1, -0.05) is 49.2 Å². The molecule has 4 rings (SSSR count). The van der Waals surface area contributed by atoms with E-state index in [4.69, 9.17) is 25.8 Å². The number of aryl methyl sites for hydroxylation is 1. The fourth-order valence-corrected chi connectivity index (χ4v) is 4.55. The number of aliphatic hydroxyl groups is 4. The summed E-state index contributed by atoms with van der Waals surface area (Å²) in [5, 5.41) is 41.1. The minimum atomic E-state index is -1.49. The van der Waals surface area contributed by atoms with Crippen molar-refractivity contribution in [2.45, 2.75) is 56.7 Å². The molecule has 7 nitrogen and oxygen atoms in total. The van der Waals surface area contributed by atoms with Gasteiger partial charge in [-0.15, -0.1) is 0 Å². The largest absolute Gasteiger partial charge is 0.486 e. The Kier molecular flexibility index (Phi) is 7.24. The molecule has 0 spiro atoms. The molecule has 0 aliphatic carbocycles. The van der Waals surface area contributed by atoms with Crippen LogP contribution in [0.4, 0.5) is 0 Å². The summed E-state index contributed by atoms with van der Waals surface area (Å²) in [5.41, 5.74) is 3.54. The van der Waals surface area contributed by atoms with E-state index >= 15 is 0 Å². The lowest BCUT2D eigenvalue weighted by molar-refractivity contribution is -0.232. The van der Waals surface area contributed by atoms with Crippen molar-refractivity contribution in [3.8, 4) is 11.5 Å². The lowest BCUT2D eigenvalue weighted by Gasteiger charge is -2.41. The minimum Gasteiger partial charge on any atom is -0.486 e. The van der Waals surface area contributed by atoms with Crippen LogP contribution in [0.2, 0.25) is 5.02 Å². The van der Waals surface area contributed by atoms with Gasteiger partial charge in [-0.2, -0.15) is 0 Å². The van der Waals surface area contributed by atoms with E-state index in [2.05, 4.69) is 31.2 Å². The molecule has 0 aromatic heterocycles. The van der Waals surface area contributed by atoms with Crippen LogP contribution in [0.25, 0.3) is 0 Å². The Bertz CT molecular complexity index is 931. The van der Waals surface area contributed by atoms with Crippen LogP contribution in [0.15, 0.2) is 30.3 Å². The average molecular weight is 465 g/mol. The molecule has 0 radical (unpaired) electrons. The van der Waals surface area contributed by atoms with Gasteiger partial charge in [0.2, 0.25) is 0 Å². The predicted octanol–water partition coefficient (Wildman–Crippen LogP) is 2.17. The highest BCUT2D eigenvalue weighted by atomic mass is 35.5. The Morgan fingerprint density at radius 2 is 1.59 bits per heavy atom. The van der Waals surface area contributed by atoms with E-state index in [0.29, 0.717) is 41.7 Å². The highest BCUT2D eigenvalue weighted by Gasteiger charge is 2.45. The SMILES string of the molecule is CCCc1ccc(Cc2cc([C@@H]3O[C@H](CO)[C@@H](O)[C@H](O)[C@H]3O)c3c(c2Cl)OCCO3)cc1. The lowest BCUT2D eigenvalue weighted by Crippen LogP contribution is -2.55. The zero-order chi connectivity index (χ0) is 22.8. The molecule has 174 valence electrons. The van der Waals surface area contributed by atoms with Crippen molar-refractivity contribution < 1.29 is 34.6 Å². The van der Waals surface area contributed by atoms with Gasteiger partial charge in [0.25, 0.3) is 0 Å². The molecule has 2 aliphatic heterocycles. The normalized spacial score (nSPS) is 27.4. The van der Waals surface area contributed by atoms with Gasteiger partial charge in [-0.05, 0) is 35.6 Å². The van der Waals surface area contributed by atoms with Gasteiger partial charge in [0.1, 0.15) is 43.7 Å². The summed E-state index contributed by atoms with van der Waals surface area (Å²) in [6.45, 7) is 2.26. The summed E-state index contributed by atoms with van der Waals surface area (Å²) >= 11 is 6.68. The van der Waals surface area contributed by atoms with Crippen molar-refractivity contribution in [2.75, 3.05) is 19.8 Å². The van der Waals surface area contributed by atoms with Gasteiger partial charge in [0.15, 0.2) is 11.5 Å². The minimum absolute atomic E-state index is 0.298. The molecular weight excluding hydrogens is 436 g/mol. The quantitative estimate of drug-likeness (QED) is 0.518. The Labute approximate surface area is 192 Å². The number of hydrogen-bond acceptors (Lipinski definition) is 7. The van der Waals surface area contributed by atoms with Crippen LogP contribution in [0.3, 0.4) is 0 Å². The number of benzene rings is 2. The molecule has 0 unspecified atom stereocenters. The Hall–Kier alpha value is -1.87. The molecule has 1 saturated heterocycles. The molecule has 0 amide bonds. The van der Waals surface area contributed by atoms with Crippen LogP contribution in [-0.4, -0.2) is 64.7 Å². The standard InChI is InChI=1S/C24H29ClO7/c1-2-3-13-4-6-14(7-5-13)10-15-11-16(23-24(18(15)25)31-9-8-30-23)22-21(29)20(28)19(27)17(12-26)32-22/h4-7,11,17,19-22,26-29H,2-3,8-10,12H2,1H3/t17-,19-,20+,21-,22+/m1/s1. The molecule has 0 saturated carbocycles. The third kappa shape index (κ3) is 4.46. The first-order valence-corrected chi connectivity index (χ1v) is 11.3. The van der Waals surface area contributed by atoms with Gasteiger partial charge >= 0.3 is 0 Å². The van der Waals surface area contributed by atoms with Crippen molar-refractivity contribution in [3.05, 3.63) is 57.6 Å². The first-order chi connectivity index (χ1) is 15.4. The number of fused-ring (bicyclic) bond motifs is 1. The molecule has 8 heteroatoms. The summed E-state index contributed by atoms with van der Waals surface area (Å²) in [6.07, 6.45) is -3.80. The third-order valence-electron chi connectivity index (χ3n) is 6.01. The fraction of sp³-hybridized carbons (Fsp3) is 0.500. The lowest BCUT2D eigenvalue weighted by atomic mass is 9.89. The number of halogens is 1. The molecule has 5 atom stereocenters. The van der Waals surface area contributed by atoms with E-state index < -0.39 is 37.1 Å². The number of hydrogen-bond donors (Lipinski definition) is 4. The Morgan fingerprint density at radius 1 is 0.938 bits per heavy atom. The molecule has 1 fully saturated rings. The van der Waals surface area contributed by atoms with Gasteiger partial charge < -0.3 is 34.6 Å². The highest BCUT2D eigenvalue weighted by Crippen LogP contribution is 2.48. The van der Waals surface area contributed by atoms with Crippen LogP contribution in [0, 0.1) is 0 Å². The van der Waals surface area contributed by atoms with Crippen molar-refractivity contribution >= 4 is 11.6 Å². The van der Waals surface area contributed by atoms with E-state index in [0.717, 1.165) is 24.0 Å². The maximum atomic E-state index is 10.7. The highest BCUT2D eigenvalue weighted by molar-refractivity contribution is 6.33.